The summed E-state index contributed by atoms with van der Waals surface area (Å²) in [6.45, 7) is 0.0416. The Balaban J connectivity index is 1.98. The Morgan fingerprint density at radius 3 is 2.38 bits per heavy atom. The van der Waals surface area contributed by atoms with Crippen LogP contribution in [0.5, 0.6) is 5.75 Å². The highest BCUT2D eigenvalue weighted by atomic mass is 16.4. The monoisotopic (exact) mass is 479 g/mol. The van der Waals surface area contributed by atoms with Crippen LogP contribution in [0.2, 0.25) is 0 Å². The number of hydrogen-bond acceptors (Lipinski definition) is 9. The summed E-state index contributed by atoms with van der Waals surface area (Å²) in [4.78, 5) is 38.6. The highest BCUT2D eigenvalue weighted by Crippen LogP contribution is 2.44. The van der Waals surface area contributed by atoms with Crippen molar-refractivity contribution in [2.45, 2.75) is 62.6 Å². The Morgan fingerprint density at radius 1 is 1.12 bits per heavy atom. The first kappa shape index (κ1) is 26.1. The van der Waals surface area contributed by atoms with Crippen LogP contribution in [0.15, 0.2) is 12.1 Å². The molecule has 0 saturated carbocycles. The third-order valence-electron chi connectivity index (χ3n) is 6.96. The van der Waals surface area contributed by atoms with Crippen molar-refractivity contribution < 1.29 is 45.0 Å². The van der Waals surface area contributed by atoms with E-state index in [1.165, 1.54) is 6.07 Å². The number of hydrogen-bond donors (Lipinski definition) is 6. The first-order chi connectivity index (χ1) is 16.0. The van der Waals surface area contributed by atoms with Gasteiger partial charge in [0.25, 0.3) is 0 Å². The minimum absolute atomic E-state index is 0.104. The van der Waals surface area contributed by atoms with Gasteiger partial charge in [0.1, 0.15) is 12.2 Å². The molecule has 1 aromatic carbocycles. The number of aliphatic hydroxyl groups is 4. The molecule has 0 bridgehead atoms. The van der Waals surface area contributed by atoms with Crippen LogP contribution in [0.4, 0.5) is 5.69 Å². The number of carbonyl (C=O) groups is 3. The van der Waals surface area contributed by atoms with Crippen LogP contribution in [-0.2, 0) is 16.0 Å². The molecule has 3 unspecified atom stereocenters. The van der Waals surface area contributed by atoms with E-state index in [1.807, 2.05) is 0 Å². The second kappa shape index (κ2) is 10.4. The van der Waals surface area contributed by atoms with Gasteiger partial charge in [0.2, 0.25) is 0 Å². The molecule has 1 saturated heterocycles. The first-order valence-electron chi connectivity index (χ1n) is 11.6. The number of aliphatic hydroxyl groups excluding tert-OH is 2. The Hall–Kier alpha value is -2.53. The lowest BCUT2D eigenvalue weighted by Gasteiger charge is -2.43. The van der Waals surface area contributed by atoms with Crippen LogP contribution in [0.1, 0.15) is 60.9 Å². The molecule has 1 aromatic rings. The summed E-state index contributed by atoms with van der Waals surface area (Å²) in [5, 5.41) is 61.5. The average Bonchev–Trinajstić information content (AvgIpc) is 2.73. The van der Waals surface area contributed by atoms with E-state index >= 15 is 0 Å². The first-order valence-corrected chi connectivity index (χ1v) is 11.6. The summed E-state index contributed by atoms with van der Waals surface area (Å²) in [7, 11) is 0. The third-order valence-corrected chi connectivity index (χ3v) is 6.96. The zero-order chi connectivity index (χ0) is 25.1. The van der Waals surface area contributed by atoms with Crippen molar-refractivity contribution in [2.75, 3.05) is 31.2 Å². The standard InChI is InChI=1S/C24H33NO9/c26-9-6-24(34,16(13-27)19(29)10-21(31)32)14-23(33)11-15-17(25-7-2-1-3-8-25)4-5-18(28)22(15)20(30)12-23/h4-5,16,26-28,33-34H,1-3,6-14H2,(H,31,32). The second-order valence-corrected chi connectivity index (χ2v) is 9.53. The molecule has 1 aliphatic carbocycles. The number of phenols is 1. The zero-order valence-corrected chi connectivity index (χ0v) is 19.1. The largest absolute Gasteiger partial charge is 0.507 e. The summed E-state index contributed by atoms with van der Waals surface area (Å²) in [6.07, 6.45) is 0.571. The maximum absolute atomic E-state index is 13.1. The molecule has 3 rings (SSSR count). The van der Waals surface area contributed by atoms with Crippen molar-refractivity contribution >= 4 is 23.2 Å². The van der Waals surface area contributed by atoms with Gasteiger partial charge in [0.05, 0.1) is 29.3 Å². The number of carboxylic acid groups (broad SMARTS) is 1. The van der Waals surface area contributed by atoms with E-state index in [2.05, 4.69) is 4.90 Å². The van der Waals surface area contributed by atoms with Gasteiger partial charge in [-0.1, -0.05) is 0 Å². The number of piperidine rings is 1. The molecule has 3 atom stereocenters. The van der Waals surface area contributed by atoms with Crippen LogP contribution in [0.25, 0.3) is 0 Å². The highest BCUT2D eigenvalue weighted by Gasteiger charge is 2.49. The van der Waals surface area contributed by atoms with Gasteiger partial charge in [-0.25, -0.2) is 0 Å². The van der Waals surface area contributed by atoms with E-state index in [4.69, 9.17) is 5.11 Å². The molecule has 10 nitrogen and oxygen atoms in total. The van der Waals surface area contributed by atoms with E-state index in [-0.39, 0.29) is 17.7 Å². The number of carboxylic acids is 1. The normalized spacial score (nSPS) is 23.2. The quantitative estimate of drug-likeness (QED) is 0.258. The maximum Gasteiger partial charge on any atom is 0.310 e. The van der Waals surface area contributed by atoms with E-state index in [0.717, 1.165) is 32.4 Å². The molecule has 1 aliphatic heterocycles. The number of carbonyl (C=O) groups excluding carboxylic acids is 2. The summed E-state index contributed by atoms with van der Waals surface area (Å²) in [5.41, 5.74) is -2.71. The number of rotatable bonds is 10. The van der Waals surface area contributed by atoms with E-state index in [0.29, 0.717) is 11.3 Å². The topological polar surface area (TPSA) is 176 Å². The molecular formula is C24H33NO9. The zero-order valence-electron chi connectivity index (χ0n) is 19.1. The Labute approximate surface area is 197 Å². The lowest BCUT2D eigenvalue weighted by atomic mass is 9.68. The Kier molecular flexibility index (Phi) is 7.97. The smallest absolute Gasteiger partial charge is 0.310 e. The summed E-state index contributed by atoms with van der Waals surface area (Å²) >= 11 is 0. The van der Waals surface area contributed by atoms with Gasteiger partial charge in [-0.05, 0) is 37.0 Å². The van der Waals surface area contributed by atoms with E-state index < -0.39 is 73.6 Å². The molecule has 0 spiro atoms. The summed E-state index contributed by atoms with van der Waals surface area (Å²) in [5.74, 6) is -4.66. The lowest BCUT2D eigenvalue weighted by Crippen LogP contribution is -2.53. The number of Topliss-reactive ketones (excluding diaryl/α,β-unsaturated/α-hetero) is 2. The number of anilines is 1. The molecule has 0 amide bonds. The molecule has 0 aromatic heterocycles. The maximum atomic E-state index is 13.1. The summed E-state index contributed by atoms with van der Waals surface area (Å²) < 4.78 is 0. The molecule has 0 radical (unpaired) electrons. The number of nitrogens with zero attached hydrogens (tertiary/aromatic N) is 1. The van der Waals surface area contributed by atoms with Gasteiger partial charge in [-0.15, -0.1) is 0 Å². The Bertz CT molecular complexity index is 943. The lowest BCUT2D eigenvalue weighted by molar-refractivity contribution is -0.151. The predicted octanol–water partition coefficient (Wildman–Crippen LogP) is 0.398. The van der Waals surface area contributed by atoms with Crippen molar-refractivity contribution in [3.63, 3.8) is 0 Å². The van der Waals surface area contributed by atoms with Crippen LogP contribution in [-0.4, -0.2) is 85.7 Å². The van der Waals surface area contributed by atoms with Crippen LogP contribution in [0.3, 0.4) is 0 Å². The van der Waals surface area contributed by atoms with Gasteiger partial charge in [0, 0.05) is 51.1 Å². The number of fused-ring (bicyclic) bond motifs is 1. The predicted molar refractivity (Wildman–Crippen MR) is 121 cm³/mol. The molecule has 2 aliphatic rings. The molecule has 10 heteroatoms. The van der Waals surface area contributed by atoms with E-state index in [1.54, 1.807) is 6.07 Å². The molecular weight excluding hydrogens is 446 g/mol. The van der Waals surface area contributed by atoms with Gasteiger partial charge >= 0.3 is 5.97 Å². The van der Waals surface area contributed by atoms with Crippen LogP contribution < -0.4 is 4.90 Å². The van der Waals surface area contributed by atoms with Gasteiger partial charge in [-0.3, -0.25) is 14.4 Å². The van der Waals surface area contributed by atoms with Crippen molar-refractivity contribution in [3.8, 4) is 5.75 Å². The van der Waals surface area contributed by atoms with Crippen molar-refractivity contribution in [2.24, 2.45) is 5.92 Å². The van der Waals surface area contributed by atoms with Gasteiger partial charge in [0.15, 0.2) is 11.6 Å². The molecule has 188 valence electrons. The fourth-order valence-corrected chi connectivity index (χ4v) is 5.44. The number of benzene rings is 1. The van der Waals surface area contributed by atoms with Gasteiger partial charge in [-0.2, -0.15) is 0 Å². The fraction of sp³-hybridized carbons (Fsp3) is 0.625. The van der Waals surface area contributed by atoms with Crippen LogP contribution in [0, 0.1) is 5.92 Å². The van der Waals surface area contributed by atoms with Crippen molar-refractivity contribution in [3.05, 3.63) is 23.3 Å². The molecule has 34 heavy (non-hydrogen) atoms. The number of aromatic hydroxyl groups is 1. The number of aliphatic carboxylic acids is 1. The minimum Gasteiger partial charge on any atom is -0.507 e. The van der Waals surface area contributed by atoms with Gasteiger partial charge < -0.3 is 35.5 Å². The Morgan fingerprint density at radius 2 is 1.79 bits per heavy atom. The fourth-order valence-electron chi connectivity index (χ4n) is 5.44. The molecule has 6 N–H and O–H groups in total. The number of ketones is 2. The van der Waals surface area contributed by atoms with Crippen molar-refractivity contribution in [1.82, 2.24) is 0 Å². The third kappa shape index (κ3) is 5.41. The van der Waals surface area contributed by atoms with E-state index in [9.17, 15) is 39.9 Å². The average molecular weight is 480 g/mol. The van der Waals surface area contributed by atoms with Crippen molar-refractivity contribution in [1.29, 1.82) is 0 Å². The van der Waals surface area contributed by atoms with Crippen LogP contribution >= 0.6 is 0 Å². The minimum atomic E-state index is -2.15. The number of phenolic OH excluding ortho intramolecular Hbond substituents is 1. The molecule has 1 heterocycles. The molecule has 1 fully saturated rings. The second-order valence-electron chi connectivity index (χ2n) is 9.53. The summed E-state index contributed by atoms with van der Waals surface area (Å²) in [6, 6.07) is 3.16. The highest BCUT2D eigenvalue weighted by molar-refractivity contribution is 6.03. The SMILES string of the molecule is O=C(O)CC(=O)C(CO)C(O)(CCO)CC1(O)CC(=O)c2c(O)ccc(N3CCCCC3)c2C1.